The Balaban J connectivity index is 2.36. The molecule has 1 aromatic heterocycles. The Morgan fingerprint density at radius 1 is 1.14 bits per heavy atom. The minimum absolute atomic E-state index is 0.0878. The number of benzene rings is 1. The van der Waals surface area contributed by atoms with Crippen LogP contribution in [0.15, 0.2) is 24.3 Å². The lowest BCUT2D eigenvalue weighted by Crippen LogP contribution is -2.12. The summed E-state index contributed by atoms with van der Waals surface area (Å²) < 4.78 is 51.4. The van der Waals surface area contributed by atoms with E-state index < -0.39 is 17.7 Å². The maximum Gasteiger partial charge on any atom is 0.433 e. The smallest absolute Gasteiger partial charge is 0.357 e. The standard InChI is InChI=1S/C12H9ClF4N4/c1-18-11-20-9(12(15,16)17)5-10(21-11)19-6-2-3-7(13)8(14)4-6/h2-5H,1H3,(H2,18,19,20,21). The van der Waals surface area contributed by atoms with Crippen molar-refractivity contribution in [1.82, 2.24) is 9.97 Å². The van der Waals surface area contributed by atoms with Gasteiger partial charge in [0.1, 0.15) is 11.6 Å². The van der Waals surface area contributed by atoms with Crippen LogP contribution in [-0.2, 0) is 6.18 Å². The lowest BCUT2D eigenvalue weighted by Gasteiger charge is -2.11. The molecule has 0 fully saturated rings. The summed E-state index contributed by atoms with van der Waals surface area (Å²) in [5.74, 6) is -1.02. The molecule has 2 N–H and O–H groups in total. The van der Waals surface area contributed by atoms with Gasteiger partial charge in [-0.2, -0.15) is 18.2 Å². The molecule has 0 aliphatic carbocycles. The van der Waals surface area contributed by atoms with Crippen molar-refractivity contribution in [1.29, 1.82) is 0 Å². The van der Waals surface area contributed by atoms with Crippen LogP contribution in [0.4, 0.5) is 35.0 Å². The van der Waals surface area contributed by atoms with Crippen LogP contribution in [0.3, 0.4) is 0 Å². The summed E-state index contributed by atoms with van der Waals surface area (Å²) in [5, 5.41) is 4.91. The van der Waals surface area contributed by atoms with Crippen molar-refractivity contribution in [3.63, 3.8) is 0 Å². The van der Waals surface area contributed by atoms with E-state index in [1.54, 1.807) is 0 Å². The Hall–Kier alpha value is -2.09. The highest BCUT2D eigenvalue weighted by molar-refractivity contribution is 6.30. The Bertz CT molecular complexity index is 660. The van der Waals surface area contributed by atoms with Gasteiger partial charge in [-0.25, -0.2) is 9.37 Å². The second-order valence-electron chi connectivity index (χ2n) is 3.96. The largest absolute Gasteiger partial charge is 0.433 e. The first-order valence-electron chi connectivity index (χ1n) is 5.65. The summed E-state index contributed by atoms with van der Waals surface area (Å²) in [6.45, 7) is 0. The highest BCUT2D eigenvalue weighted by Crippen LogP contribution is 2.30. The van der Waals surface area contributed by atoms with Gasteiger partial charge in [0.2, 0.25) is 5.95 Å². The number of nitrogens with one attached hydrogen (secondary N) is 2. The van der Waals surface area contributed by atoms with E-state index in [0.717, 1.165) is 12.1 Å². The number of halogens is 5. The molecule has 0 atom stereocenters. The zero-order chi connectivity index (χ0) is 15.6. The fourth-order valence-electron chi connectivity index (χ4n) is 1.49. The van der Waals surface area contributed by atoms with Gasteiger partial charge in [-0.3, -0.25) is 0 Å². The zero-order valence-electron chi connectivity index (χ0n) is 10.6. The quantitative estimate of drug-likeness (QED) is 0.837. The molecule has 1 aromatic carbocycles. The maximum atomic E-state index is 13.3. The van der Waals surface area contributed by atoms with Gasteiger partial charge >= 0.3 is 6.18 Å². The van der Waals surface area contributed by atoms with Gasteiger partial charge in [0.25, 0.3) is 0 Å². The fraction of sp³-hybridized carbons (Fsp3) is 0.167. The predicted molar refractivity (Wildman–Crippen MR) is 71.3 cm³/mol. The SMILES string of the molecule is CNc1nc(Nc2ccc(Cl)c(F)c2)cc(C(F)(F)F)n1. The van der Waals surface area contributed by atoms with Gasteiger partial charge < -0.3 is 10.6 Å². The van der Waals surface area contributed by atoms with Crippen LogP contribution >= 0.6 is 11.6 Å². The van der Waals surface area contributed by atoms with Crippen LogP contribution in [0.5, 0.6) is 0 Å². The molecule has 112 valence electrons. The summed E-state index contributed by atoms with van der Waals surface area (Å²) in [6.07, 6.45) is -4.61. The van der Waals surface area contributed by atoms with E-state index in [1.165, 1.54) is 19.2 Å². The number of alkyl halides is 3. The topological polar surface area (TPSA) is 49.8 Å². The number of nitrogens with zero attached hydrogens (tertiary/aromatic N) is 2. The van der Waals surface area contributed by atoms with E-state index in [4.69, 9.17) is 11.6 Å². The summed E-state index contributed by atoms with van der Waals surface area (Å²) in [4.78, 5) is 7.14. The highest BCUT2D eigenvalue weighted by Gasteiger charge is 2.33. The molecule has 1 heterocycles. The first-order chi connectivity index (χ1) is 9.79. The summed E-state index contributed by atoms with van der Waals surface area (Å²) in [6, 6.07) is 4.48. The molecule has 9 heteroatoms. The van der Waals surface area contributed by atoms with Gasteiger partial charge in [0.15, 0.2) is 5.69 Å². The van der Waals surface area contributed by atoms with Gasteiger partial charge in [0.05, 0.1) is 5.02 Å². The number of aromatic nitrogens is 2. The van der Waals surface area contributed by atoms with Crippen LogP contribution in [0, 0.1) is 5.82 Å². The van der Waals surface area contributed by atoms with Gasteiger partial charge in [0, 0.05) is 18.8 Å². The molecule has 0 aliphatic heterocycles. The average Bonchev–Trinajstić information content (AvgIpc) is 2.41. The molecule has 4 nitrogen and oxygen atoms in total. The van der Waals surface area contributed by atoms with Crippen LogP contribution < -0.4 is 10.6 Å². The van der Waals surface area contributed by atoms with E-state index in [9.17, 15) is 17.6 Å². The van der Waals surface area contributed by atoms with E-state index in [1.807, 2.05) is 0 Å². The van der Waals surface area contributed by atoms with Crippen LogP contribution in [0.1, 0.15) is 5.69 Å². The second kappa shape index (κ2) is 5.72. The first kappa shape index (κ1) is 15.3. The molecule has 21 heavy (non-hydrogen) atoms. The Morgan fingerprint density at radius 2 is 1.86 bits per heavy atom. The van der Waals surface area contributed by atoms with Crippen molar-refractivity contribution < 1.29 is 17.6 Å². The lowest BCUT2D eigenvalue weighted by molar-refractivity contribution is -0.141. The minimum Gasteiger partial charge on any atom is -0.357 e. The highest BCUT2D eigenvalue weighted by atomic mass is 35.5. The third kappa shape index (κ3) is 3.72. The molecular weight excluding hydrogens is 312 g/mol. The molecular formula is C12H9ClF4N4. The zero-order valence-corrected chi connectivity index (χ0v) is 11.3. The van der Waals surface area contributed by atoms with Crippen molar-refractivity contribution >= 4 is 29.1 Å². The predicted octanol–water partition coefficient (Wildman–Crippen LogP) is 4.07. The Kier molecular flexibility index (Phi) is 4.17. The van der Waals surface area contributed by atoms with E-state index in [2.05, 4.69) is 20.6 Å². The molecule has 0 saturated carbocycles. The summed E-state index contributed by atoms with van der Waals surface area (Å²) in [7, 11) is 1.39. The lowest BCUT2D eigenvalue weighted by atomic mass is 10.3. The third-order valence-electron chi connectivity index (χ3n) is 2.43. The van der Waals surface area contributed by atoms with Crippen LogP contribution in [0.2, 0.25) is 5.02 Å². The molecule has 0 radical (unpaired) electrons. The van der Waals surface area contributed by atoms with Crippen molar-refractivity contribution in [3.8, 4) is 0 Å². The van der Waals surface area contributed by atoms with Crippen molar-refractivity contribution in [2.45, 2.75) is 6.18 Å². The normalized spacial score (nSPS) is 11.3. The van der Waals surface area contributed by atoms with Crippen molar-refractivity contribution in [3.05, 3.63) is 40.8 Å². The molecule has 0 amide bonds. The Morgan fingerprint density at radius 3 is 2.43 bits per heavy atom. The fourth-order valence-corrected chi connectivity index (χ4v) is 1.61. The van der Waals surface area contributed by atoms with Crippen LogP contribution in [0.25, 0.3) is 0 Å². The van der Waals surface area contributed by atoms with Crippen molar-refractivity contribution in [2.75, 3.05) is 17.7 Å². The number of rotatable bonds is 3. The van der Waals surface area contributed by atoms with Crippen molar-refractivity contribution in [2.24, 2.45) is 0 Å². The molecule has 0 aliphatic rings. The number of hydrogen-bond donors (Lipinski definition) is 2. The number of anilines is 3. The molecule has 2 rings (SSSR count). The number of hydrogen-bond acceptors (Lipinski definition) is 4. The monoisotopic (exact) mass is 320 g/mol. The first-order valence-corrected chi connectivity index (χ1v) is 6.03. The van der Waals surface area contributed by atoms with E-state index in [0.29, 0.717) is 0 Å². The molecule has 0 bridgehead atoms. The molecule has 0 unspecified atom stereocenters. The average molecular weight is 321 g/mol. The van der Waals surface area contributed by atoms with Gasteiger partial charge in [-0.05, 0) is 18.2 Å². The molecule has 2 aromatic rings. The molecule has 0 saturated heterocycles. The van der Waals surface area contributed by atoms with Gasteiger partial charge in [-0.1, -0.05) is 11.6 Å². The minimum atomic E-state index is -4.61. The van der Waals surface area contributed by atoms with Gasteiger partial charge in [-0.15, -0.1) is 0 Å². The van der Waals surface area contributed by atoms with E-state index >= 15 is 0 Å². The van der Waals surface area contributed by atoms with E-state index in [-0.39, 0.29) is 22.5 Å². The maximum absolute atomic E-state index is 13.3. The Labute approximate surface area is 122 Å². The molecule has 0 spiro atoms. The third-order valence-corrected chi connectivity index (χ3v) is 2.74. The van der Waals surface area contributed by atoms with Crippen LogP contribution in [-0.4, -0.2) is 17.0 Å². The summed E-state index contributed by atoms with van der Waals surface area (Å²) in [5.41, 5.74) is -0.899. The second-order valence-corrected chi connectivity index (χ2v) is 4.37. The summed E-state index contributed by atoms with van der Waals surface area (Å²) >= 11 is 5.53.